The first-order chi connectivity index (χ1) is 7.24. The van der Waals surface area contributed by atoms with E-state index < -0.39 is 0 Å². The van der Waals surface area contributed by atoms with Gasteiger partial charge in [0.05, 0.1) is 10.9 Å². The zero-order valence-corrected chi connectivity index (χ0v) is 11.3. The molecule has 0 bridgehead atoms. The van der Waals surface area contributed by atoms with Gasteiger partial charge in [0.1, 0.15) is 0 Å². The summed E-state index contributed by atoms with van der Waals surface area (Å²) in [6, 6.07) is 3.88. The zero-order valence-electron chi connectivity index (χ0n) is 7.58. The third-order valence-electron chi connectivity index (χ3n) is 1.67. The Morgan fingerprint density at radius 1 is 1.33 bits per heavy atom. The highest BCUT2D eigenvalue weighted by atomic mass is 127. The van der Waals surface area contributed by atoms with Crippen LogP contribution in [0.25, 0.3) is 0 Å². The van der Waals surface area contributed by atoms with E-state index in [0.29, 0.717) is 12.5 Å². The van der Waals surface area contributed by atoms with Crippen LogP contribution in [0.5, 0.6) is 0 Å². The molecule has 2 heterocycles. The molecule has 1 N–H and O–H groups in total. The largest absolute Gasteiger partial charge is 0.349 e. The third kappa shape index (κ3) is 3.29. The molecule has 0 aliphatic rings. The van der Waals surface area contributed by atoms with Crippen molar-refractivity contribution in [1.29, 1.82) is 0 Å². The topological polar surface area (TPSA) is 37.8 Å². The number of aromatic nitrogens is 2. The number of thiophene rings is 1. The van der Waals surface area contributed by atoms with Crippen LogP contribution in [0.3, 0.4) is 0 Å². The fraction of sp³-hybridized carbons (Fsp3) is 0.111. The summed E-state index contributed by atoms with van der Waals surface area (Å²) in [4.78, 5) is 9.45. The highest BCUT2D eigenvalue weighted by molar-refractivity contribution is 14.1. The molecule has 0 aromatic carbocycles. The van der Waals surface area contributed by atoms with Crippen molar-refractivity contribution in [2.75, 3.05) is 5.32 Å². The second-order valence-electron chi connectivity index (χ2n) is 2.78. The van der Waals surface area contributed by atoms with E-state index in [1.807, 2.05) is 12.1 Å². The average Bonchev–Trinajstić information content (AvgIpc) is 2.64. The molecule has 3 nitrogen and oxygen atoms in total. The summed E-state index contributed by atoms with van der Waals surface area (Å²) < 4.78 is 1.83. The molecule has 2 rings (SSSR count). The highest BCUT2D eigenvalue weighted by Crippen LogP contribution is 2.21. The van der Waals surface area contributed by atoms with Crippen LogP contribution in [-0.2, 0) is 6.54 Å². The van der Waals surface area contributed by atoms with Gasteiger partial charge < -0.3 is 5.32 Å². The van der Waals surface area contributed by atoms with Gasteiger partial charge in [-0.2, -0.15) is 0 Å². The molecular weight excluding hydrogens is 345 g/mol. The molecule has 2 aromatic heterocycles. The monoisotopic (exact) mass is 351 g/mol. The van der Waals surface area contributed by atoms with Crippen molar-refractivity contribution in [2.24, 2.45) is 0 Å². The van der Waals surface area contributed by atoms with Crippen LogP contribution in [0.4, 0.5) is 5.95 Å². The van der Waals surface area contributed by atoms with E-state index in [4.69, 9.17) is 11.6 Å². The number of nitrogens with zero attached hydrogens (tertiary/aromatic N) is 2. The van der Waals surface area contributed by atoms with E-state index in [1.165, 1.54) is 4.88 Å². The summed E-state index contributed by atoms with van der Waals surface area (Å²) >= 11 is 9.55. The van der Waals surface area contributed by atoms with Crippen LogP contribution in [0.2, 0.25) is 4.34 Å². The lowest BCUT2D eigenvalue weighted by molar-refractivity contribution is 1.06. The number of hydrogen-bond acceptors (Lipinski definition) is 4. The Hall–Kier alpha value is -0.400. The van der Waals surface area contributed by atoms with Crippen LogP contribution in [-0.4, -0.2) is 9.97 Å². The number of rotatable bonds is 3. The molecule has 0 fully saturated rings. The first-order valence-corrected chi connectivity index (χ1v) is 6.47. The highest BCUT2D eigenvalue weighted by Gasteiger charge is 1.99. The standard InChI is InChI=1S/C9H7ClIN3S/c10-8-2-1-7(15-8)5-14-9-12-3-6(11)4-13-9/h1-4H,5H2,(H,12,13,14). The smallest absolute Gasteiger partial charge is 0.222 e. The Morgan fingerprint density at radius 2 is 2.07 bits per heavy atom. The van der Waals surface area contributed by atoms with Crippen molar-refractivity contribution >= 4 is 51.5 Å². The van der Waals surface area contributed by atoms with Gasteiger partial charge in [-0.15, -0.1) is 11.3 Å². The molecule has 0 amide bonds. The molecule has 0 saturated carbocycles. The Balaban J connectivity index is 1.96. The van der Waals surface area contributed by atoms with E-state index >= 15 is 0 Å². The van der Waals surface area contributed by atoms with Crippen molar-refractivity contribution in [3.05, 3.63) is 37.3 Å². The maximum absolute atomic E-state index is 5.82. The van der Waals surface area contributed by atoms with Gasteiger partial charge in [0, 0.05) is 20.8 Å². The molecule has 15 heavy (non-hydrogen) atoms. The Bertz CT molecular complexity index is 443. The van der Waals surface area contributed by atoms with Crippen molar-refractivity contribution < 1.29 is 0 Å². The van der Waals surface area contributed by atoms with Gasteiger partial charge >= 0.3 is 0 Å². The van der Waals surface area contributed by atoms with Crippen molar-refractivity contribution in [3.8, 4) is 0 Å². The third-order valence-corrected chi connectivity index (χ3v) is 3.46. The summed E-state index contributed by atoms with van der Waals surface area (Å²) in [7, 11) is 0. The van der Waals surface area contributed by atoms with Crippen molar-refractivity contribution in [3.63, 3.8) is 0 Å². The molecule has 0 aliphatic carbocycles. The molecule has 2 aromatic rings. The van der Waals surface area contributed by atoms with Gasteiger partial charge in [-0.25, -0.2) is 9.97 Å². The predicted molar refractivity (Wildman–Crippen MR) is 71.4 cm³/mol. The van der Waals surface area contributed by atoms with Gasteiger partial charge in [-0.1, -0.05) is 11.6 Å². The SMILES string of the molecule is Clc1ccc(CNc2ncc(I)cn2)s1. The van der Waals surface area contributed by atoms with Gasteiger partial charge in [0.25, 0.3) is 0 Å². The first kappa shape index (κ1) is 11.1. The van der Waals surface area contributed by atoms with Gasteiger partial charge in [0.15, 0.2) is 0 Å². The Morgan fingerprint density at radius 3 is 2.67 bits per heavy atom. The molecule has 0 spiro atoms. The lowest BCUT2D eigenvalue weighted by Gasteiger charge is -2.01. The molecular formula is C9H7ClIN3S. The predicted octanol–water partition coefficient (Wildman–Crippen LogP) is 3.41. The Labute approximate surface area is 110 Å². The van der Waals surface area contributed by atoms with Crippen LogP contribution in [0.1, 0.15) is 4.88 Å². The van der Waals surface area contributed by atoms with E-state index in [2.05, 4.69) is 37.9 Å². The van der Waals surface area contributed by atoms with Gasteiger partial charge in [-0.3, -0.25) is 0 Å². The lowest BCUT2D eigenvalue weighted by Crippen LogP contribution is -2.01. The maximum Gasteiger partial charge on any atom is 0.222 e. The lowest BCUT2D eigenvalue weighted by atomic mass is 10.5. The van der Waals surface area contributed by atoms with E-state index in [1.54, 1.807) is 23.7 Å². The molecule has 0 atom stereocenters. The van der Waals surface area contributed by atoms with Crippen molar-refractivity contribution in [2.45, 2.75) is 6.54 Å². The summed E-state index contributed by atoms with van der Waals surface area (Å²) in [5.74, 6) is 0.639. The van der Waals surface area contributed by atoms with Crippen LogP contribution >= 0.6 is 45.5 Å². The molecule has 78 valence electrons. The average molecular weight is 352 g/mol. The summed E-state index contributed by atoms with van der Waals surface area (Å²) in [6.45, 7) is 0.706. The van der Waals surface area contributed by atoms with E-state index in [0.717, 1.165) is 7.91 Å². The van der Waals surface area contributed by atoms with Gasteiger partial charge in [0.2, 0.25) is 5.95 Å². The van der Waals surface area contributed by atoms with Crippen LogP contribution < -0.4 is 5.32 Å². The quantitative estimate of drug-likeness (QED) is 0.861. The van der Waals surface area contributed by atoms with E-state index in [-0.39, 0.29) is 0 Å². The molecule has 0 aliphatic heterocycles. The maximum atomic E-state index is 5.82. The molecule has 0 saturated heterocycles. The normalized spacial score (nSPS) is 10.3. The molecule has 6 heteroatoms. The summed E-state index contributed by atoms with van der Waals surface area (Å²) in [5, 5.41) is 3.13. The minimum absolute atomic E-state index is 0.639. The number of nitrogens with one attached hydrogen (secondary N) is 1. The minimum Gasteiger partial charge on any atom is -0.349 e. The van der Waals surface area contributed by atoms with Crippen molar-refractivity contribution in [1.82, 2.24) is 9.97 Å². The van der Waals surface area contributed by atoms with Gasteiger partial charge in [-0.05, 0) is 34.7 Å². The molecule has 0 unspecified atom stereocenters. The fourth-order valence-electron chi connectivity index (χ4n) is 1.02. The van der Waals surface area contributed by atoms with Crippen LogP contribution in [0, 0.1) is 3.57 Å². The summed E-state index contributed by atoms with van der Waals surface area (Å²) in [5.41, 5.74) is 0. The van der Waals surface area contributed by atoms with Crippen LogP contribution in [0.15, 0.2) is 24.5 Å². The minimum atomic E-state index is 0.639. The first-order valence-electron chi connectivity index (χ1n) is 4.19. The summed E-state index contributed by atoms with van der Waals surface area (Å²) in [6.07, 6.45) is 3.55. The second-order valence-corrected chi connectivity index (χ2v) is 5.83. The number of halogens is 2. The zero-order chi connectivity index (χ0) is 10.7. The number of anilines is 1. The number of hydrogen-bond donors (Lipinski definition) is 1. The second kappa shape index (κ2) is 5.09. The fourth-order valence-corrected chi connectivity index (χ4v) is 2.32. The Kier molecular flexibility index (Phi) is 3.76. The van der Waals surface area contributed by atoms with E-state index in [9.17, 15) is 0 Å². The molecule has 0 radical (unpaired) electrons.